The molecular weight excluding hydrogens is 1020 g/mol. The van der Waals surface area contributed by atoms with Gasteiger partial charge in [0.25, 0.3) is 0 Å². The number of hydrogen-bond acceptors (Lipinski definition) is 6. The average Bonchev–Trinajstić information content (AvgIpc) is 3.49. The summed E-state index contributed by atoms with van der Waals surface area (Å²) < 4.78 is 16.9. The fourth-order valence-electron chi connectivity index (χ4n) is 9.73. The topological polar surface area (TPSA) is 78.9 Å². The molecule has 0 spiro atoms. The third kappa shape index (κ3) is 68.5. The van der Waals surface area contributed by atoms with Crippen LogP contribution in [0.15, 0.2) is 122 Å². The van der Waals surface area contributed by atoms with Crippen LogP contribution in [0.4, 0.5) is 0 Å². The summed E-state index contributed by atoms with van der Waals surface area (Å²) in [4.78, 5) is 38.4. The summed E-state index contributed by atoms with van der Waals surface area (Å²) >= 11 is 0. The molecule has 0 saturated heterocycles. The molecule has 0 amide bonds. The molecule has 0 radical (unpaired) electrons. The summed E-state index contributed by atoms with van der Waals surface area (Å²) in [7, 11) is 0. The summed E-state index contributed by atoms with van der Waals surface area (Å²) in [6.45, 7) is 6.53. The Morgan fingerprint density at radius 1 is 0.253 bits per heavy atom. The predicted molar refractivity (Wildman–Crippen MR) is 362 cm³/mol. The smallest absolute Gasteiger partial charge is 0.306 e. The molecule has 0 aliphatic carbocycles. The molecule has 6 heteroatoms. The molecule has 1 atom stereocenters. The number of allylic oxidation sites excluding steroid dienone is 20. The van der Waals surface area contributed by atoms with E-state index in [1.54, 1.807) is 0 Å². The fourth-order valence-corrected chi connectivity index (χ4v) is 9.73. The lowest BCUT2D eigenvalue weighted by Gasteiger charge is -2.18. The molecule has 0 aliphatic heterocycles. The molecular formula is C77H130O6. The summed E-state index contributed by atoms with van der Waals surface area (Å²) in [5.41, 5.74) is 0. The first-order valence-electron chi connectivity index (χ1n) is 35.0. The largest absolute Gasteiger partial charge is 0.462 e. The van der Waals surface area contributed by atoms with E-state index in [0.717, 1.165) is 128 Å². The zero-order valence-corrected chi connectivity index (χ0v) is 54.4. The molecule has 0 aliphatic rings. The van der Waals surface area contributed by atoms with Gasteiger partial charge in [-0.2, -0.15) is 0 Å². The van der Waals surface area contributed by atoms with Crippen LogP contribution in [0.1, 0.15) is 329 Å². The first-order valence-corrected chi connectivity index (χ1v) is 35.0. The van der Waals surface area contributed by atoms with Crippen LogP contribution >= 0.6 is 0 Å². The van der Waals surface area contributed by atoms with Gasteiger partial charge < -0.3 is 14.2 Å². The molecule has 0 fully saturated rings. The second-order valence-corrected chi connectivity index (χ2v) is 23.1. The Labute approximate surface area is 513 Å². The van der Waals surface area contributed by atoms with Crippen molar-refractivity contribution in [3.63, 3.8) is 0 Å². The first kappa shape index (κ1) is 78.8. The molecule has 6 nitrogen and oxygen atoms in total. The lowest BCUT2D eigenvalue weighted by molar-refractivity contribution is -0.167. The number of esters is 3. The molecule has 0 bridgehead atoms. The average molecular weight is 1150 g/mol. The summed E-state index contributed by atoms with van der Waals surface area (Å²) in [6, 6.07) is 0. The van der Waals surface area contributed by atoms with Crippen molar-refractivity contribution in [2.75, 3.05) is 13.2 Å². The Kier molecular flexibility index (Phi) is 66.7. The minimum atomic E-state index is -0.787. The normalized spacial score (nSPS) is 12.9. The van der Waals surface area contributed by atoms with Gasteiger partial charge in [0.15, 0.2) is 6.10 Å². The van der Waals surface area contributed by atoms with Gasteiger partial charge in [-0.3, -0.25) is 14.4 Å². The van der Waals surface area contributed by atoms with Gasteiger partial charge in [-0.05, 0) is 116 Å². The van der Waals surface area contributed by atoms with Gasteiger partial charge in [-0.15, -0.1) is 0 Å². The Morgan fingerprint density at radius 2 is 0.470 bits per heavy atom. The van der Waals surface area contributed by atoms with Crippen molar-refractivity contribution in [2.45, 2.75) is 335 Å². The van der Waals surface area contributed by atoms with Crippen molar-refractivity contribution in [2.24, 2.45) is 0 Å². The van der Waals surface area contributed by atoms with Crippen LogP contribution in [-0.2, 0) is 28.6 Å². The number of unbranched alkanes of at least 4 members (excludes halogenated alkanes) is 32. The van der Waals surface area contributed by atoms with Crippen molar-refractivity contribution < 1.29 is 28.6 Å². The maximum absolute atomic E-state index is 12.9. The number of rotatable bonds is 63. The quantitative estimate of drug-likeness (QED) is 0.0261. The molecule has 0 saturated carbocycles. The minimum absolute atomic E-state index is 0.0836. The van der Waals surface area contributed by atoms with Gasteiger partial charge in [0.05, 0.1) is 0 Å². The van der Waals surface area contributed by atoms with E-state index < -0.39 is 6.10 Å². The van der Waals surface area contributed by atoms with Crippen LogP contribution in [0.3, 0.4) is 0 Å². The number of ether oxygens (including phenoxy) is 3. The molecule has 0 aromatic rings. The summed E-state index contributed by atoms with van der Waals surface area (Å²) in [6.07, 6.45) is 97.9. The molecule has 83 heavy (non-hydrogen) atoms. The van der Waals surface area contributed by atoms with Crippen molar-refractivity contribution >= 4 is 17.9 Å². The van der Waals surface area contributed by atoms with Crippen molar-refractivity contribution in [1.29, 1.82) is 0 Å². The molecule has 0 aromatic carbocycles. The molecule has 0 heterocycles. The van der Waals surface area contributed by atoms with E-state index in [2.05, 4.69) is 142 Å². The van der Waals surface area contributed by atoms with Crippen LogP contribution in [0.2, 0.25) is 0 Å². The lowest BCUT2D eigenvalue weighted by atomic mass is 10.0. The van der Waals surface area contributed by atoms with Crippen LogP contribution in [0.5, 0.6) is 0 Å². The first-order chi connectivity index (χ1) is 41.0. The maximum Gasteiger partial charge on any atom is 0.306 e. The van der Waals surface area contributed by atoms with Gasteiger partial charge >= 0.3 is 17.9 Å². The van der Waals surface area contributed by atoms with E-state index in [4.69, 9.17) is 14.2 Å². The van der Waals surface area contributed by atoms with E-state index in [1.165, 1.54) is 161 Å². The Balaban J connectivity index is 4.28. The van der Waals surface area contributed by atoms with Crippen molar-refractivity contribution in [3.8, 4) is 0 Å². The summed E-state index contributed by atoms with van der Waals surface area (Å²) in [5.74, 6) is -0.890. The summed E-state index contributed by atoms with van der Waals surface area (Å²) in [5, 5.41) is 0. The predicted octanol–water partition coefficient (Wildman–Crippen LogP) is 24.3. The van der Waals surface area contributed by atoms with Gasteiger partial charge in [0.2, 0.25) is 0 Å². The monoisotopic (exact) mass is 1150 g/mol. The van der Waals surface area contributed by atoms with Crippen molar-refractivity contribution in [3.05, 3.63) is 122 Å². The SMILES string of the molecule is CC/C=C\C/C=C\C/C=C\C/C=C\C/C=C\C/C=C\C/C=C\C/C=C\C/C=C\CCCCCCCCCC(=O)OCC(COC(=O)CCCCCCC/C=C\CCCCCCC)OC(=O)CCCCCCCCCCCCCCCCCC. The Hall–Kier alpha value is -4.19. The van der Waals surface area contributed by atoms with Crippen LogP contribution in [0.25, 0.3) is 0 Å². The number of carbonyl (C=O) groups is 3. The highest BCUT2D eigenvalue weighted by Crippen LogP contribution is 2.17. The molecule has 0 aromatic heterocycles. The van der Waals surface area contributed by atoms with Crippen molar-refractivity contribution in [1.82, 2.24) is 0 Å². The van der Waals surface area contributed by atoms with Gasteiger partial charge in [-0.1, -0.05) is 316 Å². The Bertz CT molecular complexity index is 1700. The van der Waals surface area contributed by atoms with E-state index in [9.17, 15) is 14.4 Å². The van der Waals surface area contributed by atoms with Gasteiger partial charge in [0, 0.05) is 19.3 Å². The van der Waals surface area contributed by atoms with E-state index in [1.807, 2.05) is 0 Å². The maximum atomic E-state index is 12.9. The lowest BCUT2D eigenvalue weighted by Crippen LogP contribution is -2.30. The highest BCUT2D eigenvalue weighted by molar-refractivity contribution is 5.71. The van der Waals surface area contributed by atoms with E-state index in [-0.39, 0.29) is 31.1 Å². The standard InChI is InChI=1S/C77H130O6/c1-4-7-10-13-16-19-22-25-28-30-31-32-33-34-35-36-37-38-39-40-41-42-43-44-45-46-47-48-50-52-55-58-61-64-67-70-76(79)82-73-74(72-81-75(78)69-66-63-60-57-54-51-27-24-21-18-15-12-9-6-3)83-77(80)71-68-65-62-59-56-53-49-29-26-23-20-17-14-11-8-5-2/h7,10,16,19,24-25,27-28,31-32,34-35,37-38,40-41,43-44,46-47,74H,4-6,8-9,11-15,17-18,20-23,26,29-30,33,36,39,42,45,48-73H2,1-3H3/b10-7-,19-16-,27-24-,28-25-,32-31-,35-34-,38-37-,41-40-,44-43-,47-46-. The second kappa shape index (κ2) is 70.3. The van der Waals surface area contributed by atoms with Crippen LogP contribution < -0.4 is 0 Å². The highest BCUT2D eigenvalue weighted by atomic mass is 16.6. The number of hydrogen-bond donors (Lipinski definition) is 0. The number of carbonyl (C=O) groups excluding carboxylic acids is 3. The van der Waals surface area contributed by atoms with Crippen LogP contribution in [-0.4, -0.2) is 37.2 Å². The minimum Gasteiger partial charge on any atom is -0.462 e. The highest BCUT2D eigenvalue weighted by Gasteiger charge is 2.19. The molecule has 474 valence electrons. The third-order valence-corrected chi connectivity index (χ3v) is 15.0. The van der Waals surface area contributed by atoms with Gasteiger partial charge in [-0.25, -0.2) is 0 Å². The molecule has 0 rings (SSSR count). The Morgan fingerprint density at radius 3 is 0.747 bits per heavy atom. The molecule has 1 unspecified atom stereocenters. The fraction of sp³-hybridized carbons (Fsp3) is 0.701. The third-order valence-electron chi connectivity index (χ3n) is 15.0. The zero-order chi connectivity index (χ0) is 59.9. The van der Waals surface area contributed by atoms with Crippen LogP contribution in [0, 0.1) is 0 Å². The zero-order valence-electron chi connectivity index (χ0n) is 54.4. The molecule has 0 N–H and O–H groups in total. The van der Waals surface area contributed by atoms with E-state index >= 15 is 0 Å². The second-order valence-electron chi connectivity index (χ2n) is 23.1. The van der Waals surface area contributed by atoms with Gasteiger partial charge in [0.1, 0.15) is 13.2 Å². The van der Waals surface area contributed by atoms with E-state index in [0.29, 0.717) is 19.3 Å².